The van der Waals surface area contributed by atoms with Gasteiger partial charge in [-0.2, -0.15) is 0 Å². The molecule has 0 aliphatic heterocycles. The van der Waals surface area contributed by atoms with E-state index in [1.54, 1.807) is 11.8 Å². The quantitative estimate of drug-likeness (QED) is 0.513. The number of hydrogen-bond donors (Lipinski definition) is 1. The molecule has 16 heavy (non-hydrogen) atoms. The molecule has 0 unspecified atom stereocenters. The van der Waals surface area contributed by atoms with Crippen LogP contribution >= 0.6 is 27.7 Å². The topological polar surface area (TPSA) is 38.4 Å². The third-order valence-corrected chi connectivity index (χ3v) is 3.93. The van der Waals surface area contributed by atoms with Crippen LogP contribution in [0.25, 0.3) is 0 Å². The van der Waals surface area contributed by atoms with Crippen molar-refractivity contribution in [2.75, 3.05) is 12.3 Å². The Kier molecular flexibility index (Phi) is 5.91. The van der Waals surface area contributed by atoms with Gasteiger partial charge in [-0.15, -0.1) is 11.8 Å². The zero-order valence-electron chi connectivity index (χ0n) is 9.61. The van der Waals surface area contributed by atoms with E-state index in [-0.39, 0.29) is 0 Å². The van der Waals surface area contributed by atoms with Gasteiger partial charge in [-0.1, -0.05) is 26.0 Å². The van der Waals surface area contributed by atoms with Crippen LogP contribution < -0.4 is 5.73 Å². The highest BCUT2D eigenvalue weighted by molar-refractivity contribution is 9.10. The van der Waals surface area contributed by atoms with Crippen molar-refractivity contribution in [3.8, 4) is 0 Å². The number of thioether (sulfide) groups is 1. The van der Waals surface area contributed by atoms with Crippen molar-refractivity contribution < 1.29 is 0 Å². The molecule has 0 spiro atoms. The van der Waals surface area contributed by atoms with Crippen LogP contribution in [0.5, 0.6) is 0 Å². The molecule has 0 aromatic heterocycles. The molecule has 0 aliphatic rings. The average molecular weight is 301 g/mol. The zero-order chi connectivity index (χ0) is 12.0. The largest absolute Gasteiger partial charge is 0.387 e. The number of nitrogens with two attached hydrogens (primary N) is 1. The van der Waals surface area contributed by atoms with Gasteiger partial charge >= 0.3 is 0 Å². The fourth-order valence-corrected chi connectivity index (χ4v) is 2.46. The first kappa shape index (κ1) is 13.6. The van der Waals surface area contributed by atoms with Crippen molar-refractivity contribution in [3.63, 3.8) is 0 Å². The summed E-state index contributed by atoms with van der Waals surface area (Å²) in [5, 5.41) is 0. The second-order valence-electron chi connectivity index (χ2n) is 3.94. The van der Waals surface area contributed by atoms with Crippen molar-refractivity contribution >= 4 is 33.5 Å². The minimum absolute atomic E-state index is 0.562. The second-order valence-corrected chi connectivity index (χ2v) is 5.82. The lowest BCUT2D eigenvalue weighted by Gasteiger charge is -2.05. The number of hydrogen-bond acceptors (Lipinski definition) is 2. The van der Waals surface area contributed by atoms with Crippen LogP contribution in [0.4, 0.5) is 0 Å². The second kappa shape index (κ2) is 6.97. The molecule has 0 amide bonds. The molecular formula is C12H17BrN2S. The Morgan fingerprint density at radius 1 is 1.44 bits per heavy atom. The summed E-state index contributed by atoms with van der Waals surface area (Å²) in [6.45, 7) is 5.08. The minimum atomic E-state index is 0.562. The molecule has 0 atom stereocenters. The van der Waals surface area contributed by atoms with Crippen LogP contribution in [0.1, 0.15) is 13.8 Å². The SMILES string of the molecule is CC(C)CN=C(N)CSc1ccccc1Br. The number of rotatable bonds is 5. The molecule has 2 nitrogen and oxygen atoms in total. The summed E-state index contributed by atoms with van der Waals surface area (Å²) in [5.41, 5.74) is 5.83. The van der Waals surface area contributed by atoms with Crippen LogP contribution in [0.15, 0.2) is 38.6 Å². The fourth-order valence-electron chi connectivity index (χ4n) is 1.06. The first-order valence-electron chi connectivity index (χ1n) is 5.25. The average Bonchev–Trinajstić information content (AvgIpc) is 2.25. The Morgan fingerprint density at radius 2 is 2.12 bits per heavy atom. The molecule has 0 radical (unpaired) electrons. The van der Waals surface area contributed by atoms with E-state index in [0.717, 1.165) is 22.6 Å². The van der Waals surface area contributed by atoms with Gasteiger partial charge in [0.25, 0.3) is 0 Å². The summed E-state index contributed by atoms with van der Waals surface area (Å²) in [7, 11) is 0. The fraction of sp³-hybridized carbons (Fsp3) is 0.417. The molecule has 4 heteroatoms. The molecule has 0 aliphatic carbocycles. The molecule has 0 saturated carbocycles. The molecule has 0 fully saturated rings. The van der Waals surface area contributed by atoms with Gasteiger partial charge in [0.15, 0.2) is 0 Å². The van der Waals surface area contributed by atoms with E-state index in [1.807, 2.05) is 18.2 Å². The third-order valence-electron chi connectivity index (χ3n) is 1.87. The summed E-state index contributed by atoms with van der Waals surface area (Å²) in [4.78, 5) is 5.53. The van der Waals surface area contributed by atoms with Gasteiger partial charge in [0.2, 0.25) is 0 Å². The summed E-state index contributed by atoms with van der Waals surface area (Å²) in [6.07, 6.45) is 0. The number of amidine groups is 1. The van der Waals surface area contributed by atoms with Crippen LogP contribution in [-0.4, -0.2) is 18.1 Å². The summed E-state index contributed by atoms with van der Waals surface area (Å²) in [6, 6.07) is 8.13. The first-order chi connectivity index (χ1) is 7.59. The maximum absolute atomic E-state index is 5.83. The summed E-state index contributed by atoms with van der Waals surface area (Å²) >= 11 is 5.21. The minimum Gasteiger partial charge on any atom is -0.387 e. The highest BCUT2D eigenvalue weighted by Gasteiger charge is 2.01. The van der Waals surface area contributed by atoms with Gasteiger partial charge in [-0.05, 0) is 34.0 Å². The maximum atomic E-state index is 5.83. The Bertz CT molecular complexity index is 364. The monoisotopic (exact) mass is 300 g/mol. The van der Waals surface area contributed by atoms with Crippen LogP contribution in [0, 0.1) is 5.92 Å². The summed E-state index contributed by atoms with van der Waals surface area (Å²) in [5.74, 6) is 2.02. The molecular weight excluding hydrogens is 284 g/mol. The Labute approximate surface area is 110 Å². The lowest BCUT2D eigenvalue weighted by molar-refractivity contribution is 0.665. The normalized spacial score (nSPS) is 12.1. The van der Waals surface area contributed by atoms with E-state index < -0.39 is 0 Å². The van der Waals surface area contributed by atoms with E-state index in [4.69, 9.17) is 5.73 Å². The lowest BCUT2D eigenvalue weighted by atomic mass is 10.2. The molecule has 2 N–H and O–H groups in total. The van der Waals surface area contributed by atoms with E-state index in [1.165, 1.54) is 4.90 Å². The predicted octanol–water partition coefficient (Wildman–Crippen LogP) is 3.55. The number of halogens is 1. The summed E-state index contributed by atoms with van der Waals surface area (Å²) < 4.78 is 1.11. The van der Waals surface area contributed by atoms with Crippen molar-refractivity contribution in [3.05, 3.63) is 28.7 Å². The van der Waals surface area contributed by atoms with Gasteiger partial charge in [0.05, 0.1) is 5.75 Å². The van der Waals surface area contributed by atoms with Gasteiger partial charge in [0.1, 0.15) is 5.84 Å². The van der Waals surface area contributed by atoms with E-state index >= 15 is 0 Å². The Morgan fingerprint density at radius 3 is 2.75 bits per heavy atom. The molecule has 1 aromatic rings. The number of benzene rings is 1. The van der Waals surface area contributed by atoms with Crippen molar-refractivity contribution in [2.24, 2.45) is 16.6 Å². The lowest BCUT2D eigenvalue weighted by Crippen LogP contribution is -2.16. The highest BCUT2D eigenvalue weighted by Crippen LogP contribution is 2.26. The molecule has 0 heterocycles. The molecule has 0 saturated heterocycles. The Balaban J connectivity index is 2.46. The molecule has 0 bridgehead atoms. The smallest absolute Gasteiger partial charge is 0.104 e. The number of aliphatic imine (C=N–C) groups is 1. The van der Waals surface area contributed by atoms with Gasteiger partial charge in [-0.3, -0.25) is 4.99 Å². The van der Waals surface area contributed by atoms with Crippen LogP contribution in [-0.2, 0) is 0 Å². The van der Waals surface area contributed by atoms with Gasteiger partial charge in [0, 0.05) is 15.9 Å². The standard InChI is InChI=1S/C12H17BrN2S/c1-9(2)7-15-12(14)8-16-11-6-4-3-5-10(11)13/h3-6,9H,7-8H2,1-2H3,(H2,14,15). The first-order valence-corrected chi connectivity index (χ1v) is 7.03. The van der Waals surface area contributed by atoms with Crippen LogP contribution in [0.3, 0.4) is 0 Å². The van der Waals surface area contributed by atoms with Crippen molar-refractivity contribution in [1.29, 1.82) is 0 Å². The third kappa shape index (κ3) is 5.03. The maximum Gasteiger partial charge on any atom is 0.104 e. The van der Waals surface area contributed by atoms with E-state index in [9.17, 15) is 0 Å². The highest BCUT2D eigenvalue weighted by atomic mass is 79.9. The number of nitrogens with zero attached hydrogens (tertiary/aromatic N) is 1. The zero-order valence-corrected chi connectivity index (χ0v) is 12.0. The van der Waals surface area contributed by atoms with Gasteiger partial charge in [-0.25, -0.2) is 0 Å². The molecule has 88 valence electrons. The molecule has 1 aromatic carbocycles. The van der Waals surface area contributed by atoms with Crippen molar-refractivity contribution in [2.45, 2.75) is 18.7 Å². The van der Waals surface area contributed by atoms with E-state index in [0.29, 0.717) is 5.92 Å². The van der Waals surface area contributed by atoms with Crippen molar-refractivity contribution in [1.82, 2.24) is 0 Å². The predicted molar refractivity (Wildman–Crippen MR) is 76.2 cm³/mol. The van der Waals surface area contributed by atoms with Crippen LogP contribution in [0.2, 0.25) is 0 Å². The van der Waals surface area contributed by atoms with E-state index in [2.05, 4.69) is 40.8 Å². The molecule has 1 rings (SSSR count). The van der Waals surface area contributed by atoms with Gasteiger partial charge < -0.3 is 5.73 Å². The Hall–Kier alpha value is -0.480.